The van der Waals surface area contributed by atoms with Crippen molar-refractivity contribution in [1.82, 2.24) is 21.3 Å². The van der Waals surface area contributed by atoms with Gasteiger partial charge in [-0.3, -0.25) is 24.0 Å². The van der Waals surface area contributed by atoms with Gasteiger partial charge in [0.15, 0.2) is 0 Å². The Morgan fingerprint density at radius 2 is 1.75 bits per heavy atom. The van der Waals surface area contributed by atoms with Crippen molar-refractivity contribution in [2.45, 2.75) is 31.3 Å². The molecule has 0 radical (unpaired) electrons. The monoisotopic (exact) mass is 344 g/mol. The topological polar surface area (TPSA) is 174 Å². The first kappa shape index (κ1) is 19.4. The highest BCUT2D eigenvalue weighted by Gasteiger charge is 2.25. The lowest BCUT2D eigenvalue weighted by molar-refractivity contribution is -0.141. The van der Waals surface area contributed by atoms with Crippen molar-refractivity contribution in [2.75, 3.05) is 19.6 Å². The maximum atomic E-state index is 11.8. The minimum Gasteiger partial charge on any atom is -0.481 e. The molecule has 1 saturated heterocycles. The molecule has 0 aromatic carbocycles. The van der Waals surface area contributed by atoms with Crippen LogP contribution >= 0.6 is 0 Å². The molecule has 0 aromatic rings. The van der Waals surface area contributed by atoms with E-state index in [0.717, 1.165) is 6.42 Å². The highest BCUT2D eigenvalue weighted by molar-refractivity contribution is 5.93. The zero-order valence-corrected chi connectivity index (χ0v) is 12.8. The summed E-state index contributed by atoms with van der Waals surface area (Å²) in [4.78, 5) is 56.4. The molecule has 3 amide bonds. The van der Waals surface area contributed by atoms with Gasteiger partial charge < -0.3 is 31.5 Å². The van der Waals surface area contributed by atoms with E-state index in [-0.39, 0.29) is 11.9 Å². The predicted molar refractivity (Wildman–Crippen MR) is 78.9 cm³/mol. The van der Waals surface area contributed by atoms with Gasteiger partial charge >= 0.3 is 11.9 Å². The summed E-state index contributed by atoms with van der Waals surface area (Å²) in [5, 5.41) is 26.7. The van der Waals surface area contributed by atoms with E-state index in [2.05, 4.69) is 16.0 Å². The molecule has 24 heavy (non-hydrogen) atoms. The Balaban J connectivity index is 2.47. The maximum Gasteiger partial charge on any atom is 0.322 e. The number of nitrogens with one attached hydrogen (secondary N) is 4. The number of hydrogen-bond acceptors (Lipinski definition) is 6. The van der Waals surface area contributed by atoms with Gasteiger partial charge in [-0.25, -0.2) is 0 Å². The minimum absolute atomic E-state index is 0.354. The zero-order chi connectivity index (χ0) is 18.1. The molecule has 11 heteroatoms. The van der Waals surface area contributed by atoms with E-state index in [0.29, 0.717) is 13.0 Å². The number of aliphatic carboxylic acids is 2. The summed E-state index contributed by atoms with van der Waals surface area (Å²) in [5.41, 5.74) is 0. The number of carboxylic acids is 2. The lowest BCUT2D eigenvalue weighted by atomic mass is 10.2. The number of amides is 3. The molecular formula is C13H20N4O7. The molecular weight excluding hydrogens is 324 g/mol. The highest BCUT2D eigenvalue weighted by Crippen LogP contribution is 2.04. The molecule has 0 spiro atoms. The van der Waals surface area contributed by atoms with Gasteiger partial charge in [0.1, 0.15) is 12.6 Å². The number of carboxylic acid groups (broad SMARTS) is 2. The molecule has 6 N–H and O–H groups in total. The molecule has 0 bridgehead atoms. The highest BCUT2D eigenvalue weighted by atomic mass is 16.4. The standard InChI is InChI=1S/C13H20N4O7/c18-9(5-15-12(23)7-2-1-3-14-7)17-8(4-10(19)20)13(24)16-6-11(21)22/h7-8,14H,1-6H2,(H,15,23)(H,16,24)(H,17,18)(H,19,20)(H,21,22). The van der Waals surface area contributed by atoms with Crippen LogP contribution in [0.3, 0.4) is 0 Å². The summed E-state index contributed by atoms with van der Waals surface area (Å²) < 4.78 is 0. The molecule has 0 aromatic heterocycles. The van der Waals surface area contributed by atoms with Crippen LogP contribution in [0.2, 0.25) is 0 Å². The van der Waals surface area contributed by atoms with Gasteiger partial charge in [0.05, 0.1) is 19.0 Å². The van der Waals surface area contributed by atoms with Crippen LogP contribution in [0.1, 0.15) is 19.3 Å². The van der Waals surface area contributed by atoms with Crippen molar-refractivity contribution in [3.63, 3.8) is 0 Å². The Labute approximate surface area is 137 Å². The summed E-state index contributed by atoms with van der Waals surface area (Å²) in [6.45, 7) is -0.400. The van der Waals surface area contributed by atoms with E-state index in [1.165, 1.54) is 0 Å². The van der Waals surface area contributed by atoms with Crippen LogP contribution in [0, 0.1) is 0 Å². The molecule has 1 rings (SSSR count). The van der Waals surface area contributed by atoms with Crippen molar-refractivity contribution < 1.29 is 34.2 Å². The summed E-state index contributed by atoms with van der Waals surface area (Å²) in [7, 11) is 0. The molecule has 0 aliphatic carbocycles. The van der Waals surface area contributed by atoms with E-state index >= 15 is 0 Å². The van der Waals surface area contributed by atoms with Gasteiger partial charge in [-0.05, 0) is 19.4 Å². The quantitative estimate of drug-likeness (QED) is 0.257. The summed E-state index contributed by atoms with van der Waals surface area (Å²) >= 11 is 0. The van der Waals surface area contributed by atoms with Crippen molar-refractivity contribution in [3.05, 3.63) is 0 Å². The largest absolute Gasteiger partial charge is 0.481 e. The Kier molecular flexibility index (Phi) is 7.62. The van der Waals surface area contributed by atoms with Gasteiger partial charge in [-0.15, -0.1) is 0 Å². The summed E-state index contributed by atoms with van der Waals surface area (Å²) in [6.07, 6.45) is 0.802. The first-order chi connectivity index (χ1) is 11.3. The predicted octanol–water partition coefficient (Wildman–Crippen LogP) is -2.99. The fourth-order valence-corrected chi connectivity index (χ4v) is 2.11. The van der Waals surface area contributed by atoms with Crippen LogP contribution in [0.5, 0.6) is 0 Å². The van der Waals surface area contributed by atoms with Crippen molar-refractivity contribution in [1.29, 1.82) is 0 Å². The Morgan fingerprint density at radius 1 is 1.04 bits per heavy atom. The molecule has 2 atom stereocenters. The van der Waals surface area contributed by atoms with Crippen LogP contribution in [-0.2, 0) is 24.0 Å². The lowest BCUT2D eigenvalue weighted by Crippen LogP contribution is -2.52. The first-order valence-electron chi connectivity index (χ1n) is 7.31. The lowest BCUT2D eigenvalue weighted by Gasteiger charge is -2.17. The third kappa shape index (κ3) is 7.05. The number of hydrogen-bond donors (Lipinski definition) is 6. The molecule has 1 aliphatic rings. The third-order valence-corrected chi connectivity index (χ3v) is 3.24. The van der Waals surface area contributed by atoms with Crippen molar-refractivity contribution in [3.8, 4) is 0 Å². The van der Waals surface area contributed by atoms with Gasteiger partial charge in [-0.1, -0.05) is 0 Å². The molecule has 1 heterocycles. The molecule has 134 valence electrons. The minimum atomic E-state index is -1.43. The fourth-order valence-electron chi connectivity index (χ4n) is 2.11. The normalized spacial score (nSPS) is 17.6. The van der Waals surface area contributed by atoms with Gasteiger partial charge in [0.25, 0.3) is 0 Å². The number of carbonyl (C=O) groups excluding carboxylic acids is 3. The summed E-state index contributed by atoms with van der Waals surface area (Å²) in [5.74, 6) is -4.69. The average Bonchev–Trinajstić information content (AvgIpc) is 3.03. The van der Waals surface area contributed by atoms with E-state index < -0.39 is 49.3 Å². The van der Waals surface area contributed by atoms with Crippen LogP contribution in [0.4, 0.5) is 0 Å². The summed E-state index contributed by atoms with van der Waals surface area (Å²) in [6, 6.07) is -1.80. The number of carbonyl (C=O) groups is 5. The number of rotatable bonds is 9. The van der Waals surface area contributed by atoms with E-state index in [1.54, 1.807) is 0 Å². The second-order valence-corrected chi connectivity index (χ2v) is 5.20. The average molecular weight is 344 g/mol. The molecule has 2 unspecified atom stereocenters. The molecule has 1 fully saturated rings. The molecule has 1 aliphatic heterocycles. The Hall–Kier alpha value is -2.69. The Bertz CT molecular complexity index is 516. The SMILES string of the molecule is O=C(O)CNC(=O)C(CC(=O)O)NC(=O)CNC(=O)C1CCCN1. The first-order valence-corrected chi connectivity index (χ1v) is 7.31. The van der Waals surface area contributed by atoms with Gasteiger partial charge in [0, 0.05) is 0 Å². The molecule has 0 saturated carbocycles. The maximum absolute atomic E-state index is 11.8. The van der Waals surface area contributed by atoms with Crippen molar-refractivity contribution >= 4 is 29.7 Å². The van der Waals surface area contributed by atoms with Crippen LogP contribution in [0.25, 0.3) is 0 Å². The van der Waals surface area contributed by atoms with Crippen LogP contribution in [-0.4, -0.2) is 71.6 Å². The zero-order valence-electron chi connectivity index (χ0n) is 12.8. The van der Waals surface area contributed by atoms with Crippen LogP contribution < -0.4 is 21.3 Å². The van der Waals surface area contributed by atoms with E-state index in [9.17, 15) is 24.0 Å². The van der Waals surface area contributed by atoms with Crippen LogP contribution in [0.15, 0.2) is 0 Å². The molecule has 11 nitrogen and oxygen atoms in total. The van der Waals surface area contributed by atoms with E-state index in [4.69, 9.17) is 10.2 Å². The van der Waals surface area contributed by atoms with E-state index in [1.807, 2.05) is 5.32 Å². The smallest absolute Gasteiger partial charge is 0.322 e. The second kappa shape index (κ2) is 9.45. The fraction of sp³-hybridized carbons (Fsp3) is 0.615. The van der Waals surface area contributed by atoms with Gasteiger partial charge in [0.2, 0.25) is 17.7 Å². The van der Waals surface area contributed by atoms with Gasteiger partial charge in [-0.2, -0.15) is 0 Å². The Morgan fingerprint density at radius 3 is 2.29 bits per heavy atom. The van der Waals surface area contributed by atoms with Crippen molar-refractivity contribution in [2.24, 2.45) is 0 Å². The third-order valence-electron chi connectivity index (χ3n) is 3.24. The second-order valence-electron chi connectivity index (χ2n) is 5.20.